The van der Waals surface area contributed by atoms with Crippen molar-refractivity contribution in [3.63, 3.8) is 0 Å². The molecule has 3 unspecified atom stereocenters. The van der Waals surface area contributed by atoms with E-state index in [1.165, 1.54) is 21.0 Å². The van der Waals surface area contributed by atoms with Crippen molar-refractivity contribution < 1.29 is 4.79 Å². The Kier molecular flexibility index (Phi) is 5.62. The zero-order chi connectivity index (χ0) is 22.7. The van der Waals surface area contributed by atoms with Gasteiger partial charge in [-0.15, -0.1) is 10.5 Å². The van der Waals surface area contributed by atoms with E-state index in [9.17, 15) is 4.79 Å². The first-order valence-electron chi connectivity index (χ1n) is 11.4. The largest absolute Gasteiger partial charge is 0.343 e. The molecular formula is C24H28ClN5OS2. The predicted octanol–water partition coefficient (Wildman–Crippen LogP) is 4.12. The number of carbonyl (C=O) groups is 1. The Balaban J connectivity index is 1.43. The predicted molar refractivity (Wildman–Crippen MR) is 140 cm³/mol. The summed E-state index contributed by atoms with van der Waals surface area (Å²) in [5.41, 5.74) is 7.13. The summed E-state index contributed by atoms with van der Waals surface area (Å²) in [7, 11) is -0.0342. The monoisotopic (exact) mass is 501 g/mol. The van der Waals surface area contributed by atoms with Gasteiger partial charge in [0, 0.05) is 47.2 Å². The zero-order valence-electron chi connectivity index (χ0n) is 18.8. The lowest BCUT2D eigenvalue weighted by atomic mass is 9.97. The first-order chi connectivity index (χ1) is 16.0. The Morgan fingerprint density at radius 1 is 1.24 bits per heavy atom. The lowest BCUT2D eigenvalue weighted by molar-refractivity contribution is 0.121. The number of anilines is 1. The number of allylic oxidation sites excluding steroid dienone is 2. The van der Waals surface area contributed by atoms with Crippen LogP contribution in [0.1, 0.15) is 6.92 Å². The number of halogens is 1. The van der Waals surface area contributed by atoms with E-state index in [1.807, 2.05) is 39.9 Å². The molecule has 4 aliphatic heterocycles. The molecule has 0 spiro atoms. The van der Waals surface area contributed by atoms with E-state index < -0.39 is 0 Å². The Labute approximate surface area is 206 Å². The van der Waals surface area contributed by atoms with Gasteiger partial charge in [-0.3, -0.25) is 0 Å². The molecule has 4 heterocycles. The van der Waals surface area contributed by atoms with Gasteiger partial charge in [0.25, 0.3) is 0 Å². The molecule has 0 radical (unpaired) electrons. The minimum atomic E-state index is -0.110. The summed E-state index contributed by atoms with van der Waals surface area (Å²) in [6.07, 6.45) is 9.10. The van der Waals surface area contributed by atoms with Gasteiger partial charge < -0.3 is 9.80 Å². The first kappa shape index (κ1) is 21.8. The molecule has 33 heavy (non-hydrogen) atoms. The number of hydrogen-bond acceptors (Lipinski definition) is 5. The maximum atomic E-state index is 13.6. The number of benzene rings is 1. The Morgan fingerprint density at radius 3 is 2.82 bits per heavy atom. The van der Waals surface area contributed by atoms with Gasteiger partial charge in [0.15, 0.2) is 0 Å². The fourth-order valence-corrected chi connectivity index (χ4v) is 8.65. The van der Waals surface area contributed by atoms with Gasteiger partial charge in [0.05, 0.1) is 28.9 Å². The molecule has 0 bridgehead atoms. The molecule has 5 aliphatic rings. The minimum Gasteiger partial charge on any atom is -0.343 e. The van der Waals surface area contributed by atoms with Crippen LogP contribution in [0.2, 0.25) is 5.02 Å². The van der Waals surface area contributed by atoms with Gasteiger partial charge in [0.2, 0.25) is 0 Å². The van der Waals surface area contributed by atoms with E-state index in [0.29, 0.717) is 19.1 Å². The van der Waals surface area contributed by atoms with Crippen molar-refractivity contribution in [1.82, 2.24) is 20.2 Å². The summed E-state index contributed by atoms with van der Waals surface area (Å²) < 4.78 is 0. The van der Waals surface area contributed by atoms with Crippen molar-refractivity contribution in [1.29, 1.82) is 0 Å². The molecule has 3 atom stereocenters. The molecule has 1 aromatic rings. The highest BCUT2D eigenvalue weighted by atomic mass is 35.5. The molecule has 2 amide bonds. The van der Waals surface area contributed by atoms with Crippen LogP contribution in [0.3, 0.4) is 0 Å². The molecule has 2 fully saturated rings. The van der Waals surface area contributed by atoms with E-state index in [2.05, 4.69) is 52.8 Å². The highest BCUT2D eigenvalue weighted by molar-refractivity contribution is 8.19. The minimum absolute atomic E-state index is 0.0342. The summed E-state index contributed by atoms with van der Waals surface area (Å²) >= 11 is 8.58. The van der Waals surface area contributed by atoms with Gasteiger partial charge >= 0.3 is 6.03 Å². The molecule has 174 valence electrons. The molecule has 6 rings (SSSR count). The van der Waals surface area contributed by atoms with Crippen molar-refractivity contribution in [3.05, 3.63) is 63.7 Å². The Hall–Kier alpha value is -1.71. The molecule has 6 nitrogen and oxygen atoms in total. The SMILES string of the molecule is CC1C=CC2=C1C1=CN(c3ccccc3Cl)CC3N(CNN3C(=O)N3CCSCC3)C1=S2C. The zero-order valence-corrected chi connectivity index (χ0v) is 21.2. The molecule has 1 N–H and O–H groups in total. The highest BCUT2D eigenvalue weighted by Crippen LogP contribution is 2.50. The van der Waals surface area contributed by atoms with Gasteiger partial charge in [-0.25, -0.2) is 20.1 Å². The van der Waals surface area contributed by atoms with Crippen LogP contribution in [0.5, 0.6) is 0 Å². The Bertz CT molecular complexity index is 1140. The molecule has 1 aromatic carbocycles. The van der Waals surface area contributed by atoms with Crippen LogP contribution in [-0.2, 0) is 0 Å². The topological polar surface area (TPSA) is 42.1 Å². The van der Waals surface area contributed by atoms with E-state index in [-0.39, 0.29) is 22.7 Å². The number of nitrogens with one attached hydrogen (secondary N) is 1. The Morgan fingerprint density at radius 2 is 2.03 bits per heavy atom. The molecular weight excluding hydrogens is 474 g/mol. The number of fused-ring (bicyclic) bond motifs is 4. The molecule has 0 aromatic heterocycles. The fraction of sp³-hybridized carbons (Fsp3) is 0.417. The van der Waals surface area contributed by atoms with E-state index in [0.717, 1.165) is 35.3 Å². The number of hydrazine groups is 1. The quantitative estimate of drug-likeness (QED) is 0.586. The third-order valence-corrected chi connectivity index (χ3v) is 10.3. The summed E-state index contributed by atoms with van der Waals surface area (Å²) in [6, 6.07) is 8.07. The van der Waals surface area contributed by atoms with Crippen molar-refractivity contribution in [3.8, 4) is 0 Å². The van der Waals surface area contributed by atoms with Crippen LogP contribution in [0.25, 0.3) is 0 Å². The number of thioether (sulfide) groups is 1. The van der Waals surface area contributed by atoms with E-state index in [4.69, 9.17) is 11.6 Å². The lowest BCUT2D eigenvalue weighted by Crippen LogP contribution is -2.56. The number of nitrogens with zero attached hydrogens (tertiary/aromatic N) is 4. The summed E-state index contributed by atoms with van der Waals surface area (Å²) in [6.45, 7) is 5.17. The van der Waals surface area contributed by atoms with Crippen LogP contribution in [0.4, 0.5) is 10.5 Å². The van der Waals surface area contributed by atoms with Crippen molar-refractivity contribution in [2.45, 2.75) is 13.1 Å². The maximum Gasteiger partial charge on any atom is 0.336 e. The number of para-hydroxylation sites is 1. The second kappa shape index (κ2) is 8.50. The smallest absolute Gasteiger partial charge is 0.336 e. The number of carbonyl (C=O) groups excluding carboxylic acids is 1. The highest BCUT2D eigenvalue weighted by Gasteiger charge is 2.46. The van der Waals surface area contributed by atoms with Gasteiger partial charge in [-0.05, 0) is 24.0 Å². The number of urea groups is 1. The van der Waals surface area contributed by atoms with Crippen LogP contribution in [0.15, 0.2) is 58.7 Å². The van der Waals surface area contributed by atoms with Crippen LogP contribution in [0, 0.1) is 5.92 Å². The lowest BCUT2D eigenvalue weighted by Gasteiger charge is -2.36. The average Bonchev–Trinajstić information content (AvgIpc) is 3.45. The third kappa shape index (κ3) is 3.49. The molecule has 9 heteroatoms. The van der Waals surface area contributed by atoms with Gasteiger partial charge in [-0.2, -0.15) is 11.8 Å². The maximum absolute atomic E-state index is 13.6. The molecule has 1 aliphatic carbocycles. The normalized spacial score (nSPS) is 29.3. The second-order valence-corrected chi connectivity index (χ2v) is 12.4. The molecule has 0 saturated carbocycles. The van der Waals surface area contributed by atoms with E-state index >= 15 is 0 Å². The van der Waals surface area contributed by atoms with Crippen molar-refractivity contribution in [2.24, 2.45) is 5.92 Å². The van der Waals surface area contributed by atoms with Crippen LogP contribution >= 0.6 is 33.8 Å². The van der Waals surface area contributed by atoms with E-state index in [1.54, 1.807) is 0 Å². The van der Waals surface area contributed by atoms with Crippen molar-refractivity contribution >= 4 is 50.6 Å². The summed E-state index contributed by atoms with van der Waals surface area (Å²) in [5, 5.41) is 2.59. The second-order valence-electron chi connectivity index (χ2n) is 8.91. The summed E-state index contributed by atoms with van der Waals surface area (Å²) in [4.78, 5) is 23.0. The summed E-state index contributed by atoms with van der Waals surface area (Å²) in [5.74, 6) is 2.40. The third-order valence-electron chi connectivity index (χ3n) is 7.02. The van der Waals surface area contributed by atoms with Gasteiger partial charge in [0.1, 0.15) is 6.17 Å². The number of amides is 2. The van der Waals surface area contributed by atoms with Crippen LogP contribution < -0.4 is 10.3 Å². The number of rotatable bonds is 1. The number of hydrogen-bond donors (Lipinski definition) is 1. The van der Waals surface area contributed by atoms with Crippen LogP contribution in [-0.4, -0.2) is 76.1 Å². The molecule has 2 saturated heterocycles. The first-order valence-corrected chi connectivity index (χ1v) is 14.6. The van der Waals surface area contributed by atoms with Gasteiger partial charge in [-0.1, -0.05) is 42.8 Å². The standard InChI is InChI=1S/C24H28ClN5OS2/c1-16-7-8-20-22(16)17-13-28(19-6-4-3-5-18(19)25)14-21-29(23(17)33(20)2)15-26-30(21)24(31)27-9-11-32-12-10-27/h3-8,13,16,21,26H,9-12,14-15H2,1-2H3. The van der Waals surface area contributed by atoms with Crippen molar-refractivity contribution in [2.75, 3.05) is 49.0 Å². The average molecular weight is 502 g/mol. The fourth-order valence-electron chi connectivity index (χ4n) is 5.36.